The normalized spacial score (nSPS) is 23.5. The predicted molar refractivity (Wildman–Crippen MR) is 158 cm³/mol. The highest BCUT2D eigenvalue weighted by Crippen LogP contribution is 2.44. The number of nitrogens with one attached hydrogen (secondary N) is 1. The van der Waals surface area contributed by atoms with Crippen LogP contribution in [0, 0.1) is 11.8 Å². The Morgan fingerprint density at radius 1 is 0.947 bits per heavy atom. The molecule has 2 saturated heterocycles. The van der Waals surface area contributed by atoms with Crippen LogP contribution in [0.2, 0.25) is 5.02 Å². The van der Waals surface area contributed by atoms with E-state index in [2.05, 4.69) is 86.1 Å². The summed E-state index contributed by atoms with van der Waals surface area (Å²) < 4.78 is 2.17. The van der Waals surface area contributed by atoms with Gasteiger partial charge in [-0.25, -0.2) is 0 Å². The molecule has 38 heavy (non-hydrogen) atoms. The number of thiocarbonyl (C=S) groups is 1. The second-order valence-corrected chi connectivity index (χ2v) is 11.3. The summed E-state index contributed by atoms with van der Waals surface area (Å²) in [6.07, 6.45) is 8.81. The van der Waals surface area contributed by atoms with Crippen molar-refractivity contribution < 1.29 is 0 Å². The maximum absolute atomic E-state index is 6.98. The van der Waals surface area contributed by atoms with Gasteiger partial charge in [-0.05, 0) is 85.1 Å². The van der Waals surface area contributed by atoms with E-state index in [1.807, 2.05) is 36.7 Å². The van der Waals surface area contributed by atoms with E-state index in [1.165, 1.54) is 6.42 Å². The Labute approximate surface area is 234 Å². The van der Waals surface area contributed by atoms with E-state index < -0.39 is 0 Å². The number of hydrogen-bond acceptors (Lipinski definition) is 4. The predicted octanol–water partition coefficient (Wildman–Crippen LogP) is 6.58. The van der Waals surface area contributed by atoms with E-state index in [4.69, 9.17) is 23.8 Å². The largest absolute Gasteiger partial charge is 0.370 e. The van der Waals surface area contributed by atoms with Crippen LogP contribution in [-0.4, -0.2) is 32.7 Å². The highest BCUT2D eigenvalue weighted by molar-refractivity contribution is 7.80. The van der Waals surface area contributed by atoms with Crippen LogP contribution < -0.4 is 15.1 Å². The molecule has 0 saturated carbocycles. The molecule has 0 aliphatic carbocycles. The molecule has 4 atom stereocenters. The Kier molecular flexibility index (Phi) is 6.80. The zero-order valence-corrected chi connectivity index (χ0v) is 23.1. The van der Waals surface area contributed by atoms with Crippen molar-refractivity contribution in [2.75, 3.05) is 22.9 Å². The SMILES string of the molecule is CC1CC(C)CN(c2ccc(N3C(=S)NC(c4ccccn4)C3c3cccn3-c3cccnc3)cc2Cl)C1. The molecule has 6 nitrogen and oxygen atoms in total. The van der Waals surface area contributed by atoms with Gasteiger partial charge in [0.25, 0.3) is 0 Å². The minimum atomic E-state index is -0.149. The quantitative estimate of drug-likeness (QED) is 0.287. The van der Waals surface area contributed by atoms with Crippen LogP contribution >= 0.6 is 23.8 Å². The molecule has 194 valence electrons. The van der Waals surface area contributed by atoms with Gasteiger partial charge in [0.2, 0.25) is 0 Å². The molecule has 2 fully saturated rings. The van der Waals surface area contributed by atoms with Gasteiger partial charge < -0.3 is 19.7 Å². The van der Waals surface area contributed by atoms with E-state index in [9.17, 15) is 0 Å². The lowest BCUT2D eigenvalue weighted by molar-refractivity contribution is 0.357. The van der Waals surface area contributed by atoms with Crippen molar-refractivity contribution in [1.29, 1.82) is 0 Å². The van der Waals surface area contributed by atoms with Crippen molar-refractivity contribution in [2.45, 2.75) is 32.4 Å². The summed E-state index contributed by atoms with van der Waals surface area (Å²) in [7, 11) is 0. The van der Waals surface area contributed by atoms with Gasteiger partial charge in [-0.1, -0.05) is 31.5 Å². The first-order valence-corrected chi connectivity index (χ1v) is 13.9. The van der Waals surface area contributed by atoms with Crippen molar-refractivity contribution >= 4 is 40.3 Å². The number of aromatic nitrogens is 3. The van der Waals surface area contributed by atoms with E-state index in [0.29, 0.717) is 16.9 Å². The van der Waals surface area contributed by atoms with Crippen molar-refractivity contribution in [3.05, 3.63) is 102 Å². The minimum absolute atomic E-state index is 0.142. The van der Waals surface area contributed by atoms with E-state index in [1.54, 1.807) is 6.20 Å². The highest BCUT2D eigenvalue weighted by atomic mass is 35.5. The standard InChI is InChI=1S/C30H31ClN6S/c1-20-15-21(2)19-35(18-20)26-11-10-22(16-24(26)31)37-29(28(34-30(37)38)25-8-3-4-13-33-25)27-9-6-14-36(27)23-7-5-12-32-17-23/h3-14,16-17,20-21,28-29H,15,18-19H2,1-2H3,(H,34,38). The fourth-order valence-electron chi connectivity index (χ4n) is 6.06. The molecule has 4 unspecified atom stereocenters. The van der Waals surface area contributed by atoms with Gasteiger partial charge in [-0.2, -0.15) is 0 Å². The van der Waals surface area contributed by atoms with Gasteiger partial charge in [0.1, 0.15) is 6.04 Å². The third kappa shape index (κ3) is 4.65. The molecule has 2 aliphatic rings. The number of anilines is 2. The molecule has 1 aromatic carbocycles. The number of nitrogens with zero attached hydrogens (tertiary/aromatic N) is 5. The molecule has 0 amide bonds. The molecule has 4 aromatic rings. The van der Waals surface area contributed by atoms with Crippen molar-refractivity contribution in [3.8, 4) is 5.69 Å². The van der Waals surface area contributed by atoms with Crippen LogP contribution in [0.4, 0.5) is 11.4 Å². The number of rotatable bonds is 5. The number of halogens is 1. The lowest BCUT2D eigenvalue weighted by Gasteiger charge is -2.37. The first-order chi connectivity index (χ1) is 18.5. The number of piperidine rings is 1. The average Bonchev–Trinajstić information content (AvgIpc) is 3.53. The van der Waals surface area contributed by atoms with Gasteiger partial charge in [0.15, 0.2) is 5.11 Å². The van der Waals surface area contributed by atoms with E-state index in [-0.39, 0.29) is 12.1 Å². The first kappa shape index (κ1) is 24.9. The highest BCUT2D eigenvalue weighted by Gasteiger charge is 2.42. The van der Waals surface area contributed by atoms with Crippen LogP contribution in [0.5, 0.6) is 0 Å². The molecular weight excluding hydrogens is 512 g/mol. The Bertz CT molecular complexity index is 1420. The third-order valence-electron chi connectivity index (χ3n) is 7.52. The second-order valence-electron chi connectivity index (χ2n) is 10.5. The summed E-state index contributed by atoms with van der Waals surface area (Å²) in [5, 5.41) is 4.95. The Morgan fingerprint density at radius 2 is 1.79 bits per heavy atom. The van der Waals surface area contributed by atoms with Crippen LogP contribution in [0.1, 0.15) is 43.7 Å². The Balaban J connectivity index is 1.42. The number of pyridine rings is 2. The van der Waals surface area contributed by atoms with Crippen LogP contribution in [0.15, 0.2) is 85.5 Å². The molecular formula is C30H31ClN6S. The molecule has 2 aliphatic heterocycles. The molecule has 8 heteroatoms. The van der Waals surface area contributed by atoms with Crippen LogP contribution in [-0.2, 0) is 0 Å². The topological polar surface area (TPSA) is 49.2 Å². The van der Waals surface area contributed by atoms with Gasteiger partial charge in [0.05, 0.1) is 34.3 Å². The number of hydrogen-bond donors (Lipinski definition) is 1. The summed E-state index contributed by atoms with van der Waals surface area (Å²) in [4.78, 5) is 13.6. The first-order valence-electron chi connectivity index (χ1n) is 13.1. The summed E-state index contributed by atoms with van der Waals surface area (Å²) in [5.74, 6) is 1.29. The molecule has 0 bridgehead atoms. The van der Waals surface area contributed by atoms with Gasteiger partial charge in [-0.15, -0.1) is 0 Å². The lowest BCUT2D eigenvalue weighted by atomic mass is 9.91. The average molecular weight is 543 g/mol. The lowest BCUT2D eigenvalue weighted by Crippen LogP contribution is -2.38. The van der Waals surface area contributed by atoms with Gasteiger partial charge in [0, 0.05) is 43.1 Å². The molecule has 6 rings (SSSR count). The van der Waals surface area contributed by atoms with Crippen LogP contribution in [0.3, 0.4) is 0 Å². The van der Waals surface area contributed by atoms with E-state index in [0.717, 1.165) is 46.6 Å². The fourth-order valence-corrected chi connectivity index (χ4v) is 6.70. The summed E-state index contributed by atoms with van der Waals surface area (Å²) in [6, 6.07) is 20.3. The van der Waals surface area contributed by atoms with E-state index >= 15 is 0 Å². The molecule has 1 N–H and O–H groups in total. The fraction of sp³-hybridized carbons (Fsp3) is 0.300. The molecule has 5 heterocycles. The summed E-state index contributed by atoms with van der Waals surface area (Å²) in [6.45, 7) is 6.68. The van der Waals surface area contributed by atoms with Crippen LogP contribution in [0.25, 0.3) is 5.69 Å². The zero-order chi connectivity index (χ0) is 26.2. The van der Waals surface area contributed by atoms with Crippen molar-refractivity contribution in [2.24, 2.45) is 11.8 Å². The number of benzene rings is 1. The van der Waals surface area contributed by atoms with Gasteiger partial charge >= 0.3 is 0 Å². The zero-order valence-electron chi connectivity index (χ0n) is 21.5. The molecule has 0 spiro atoms. The van der Waals surface area contributed by atoms with Gasteiger partial charge in [-0.3, -0.25) is 9.97 Å². The smallest absolute Gasteiger partial charge is 0.174 e. The maximum atomic E-state index is 6.98. The molecule has 0 radical (unpaired) electrons. The minimum Gasteiger partial charge on any atom is -0.370 e. The maximum Gasteiger partial charge on any atom is 0.174 e. The molecule has 3 aromatic heterocycles. The second kappa shape index (κ2) is 10.4. The summed E-state index contributed by atoms with van der Waals surface area (Å²) >= 11 is 12.9. The van der Waals surface area contributed by atoms with Crippen molar-refractivity contribution in [3.63, 3.8) is 0 Å². The van der Waals surface area contributed by atoms with Crippen molar-refractivity contribution in [1.82, 2.24) is 19.9 Å². The Hall–Kier alpha value is -3.42. The third-order valence-corrected chi connectivity index (χ3v) is 8.14. The monoisotopic (exact) mass is 542 g/mol. The summed E-state index contributed by atoms with van der Waals surface area (Å²) in [5.41, 5.74) is 5.05. The Morgan fingerprint density at radius 3 is 2.50 bits per heavy atom.